The fourth-order valence-corrected chi connectivity index (χ4v) is 1.24. The van der Waals surface area contributed by atoms with Gasteiger partial charge in [0.05, 0.1) is 13.2 Å². The van der Waals surface area contributed by atoms with Gasteiger partial charge in [-0.3, -0.25) is 0 Å². The van der Waals surface area contributed by atoms with Crippen molar-refractivity contribution in [3.63, 3.8) is 0 Å². The maximum Gasteiger partial charge on any atom is 0.673 e. The second kappa shape index (κ2) is 12.2. The first-order valence-electron chi connectivity index (χ1n) is 6.66. The van der Waals surface area contributed by atoms with Crippen LogP contribution in [0.15, 0.2) is 48.6 Å². The first-order chi connectivity index (χ1) is 10.9. The van der Waals surface area contributed by atoms with Crippen LogP contribution in [0.25, 0.3) is 4.98 Å². The Labute approximate surface area is 132 Å². The maximum atomic E-state index is 9.75. The molecule has 0 radical (unpaired) electrons. The first-order valence-corrected chi connectivity index (χ1v) is 6.66. The number of hydrogen-bond donors (Lipinski definition) is 0. The number of allylic oxidation sites excluding steroid dienone is 1. The molecule has 9 heteroatoms. The fourth-order valence-electron chi connectivity index (χ4n) is 1.24. The summed E-state index contributed by atoms with van der Waals surface area (Å²) in [5.41, 5.74) is 0.426. The van der Waals surface area contributed by atoms with E-state index >= 15 is 0 Å². The highest BCUT2D eigenvalue weighted by atomic mass is 19.5. The summed E-state index contributed by atoms with van der Waals surface area (Å²) in [6.45, 7) is 3.55. The molecule has 0 heterocycles. The summed E-state index contributed by atoms with van der Waals surface area (Å²) in [7, 11) is -6.00. The van der Waals surface area contributed by atoms with Crippen LogP contribution in [-0.2, 0) is 4.74 Å². The summed E-state index contributed by atoms with van der Waals surface area (Å²) >= 11 is 0. The van der Waals surface area contributed by atoms with E-state index < -0.39 is 7.25 Å². The normalized spacial score (nSPS) is 11.1. The Bertz CT molecular complexity index is 536. The summed E-state index contributed by atoms with van der Waals surface area (Å²) in [4.78, 5) is 3.14. The van der Waals surface area contributed by atoms with E-state index in [0.29, 0.717) is 31.3 Å². The number of para-hydroxylation sites is 1. The zero-order chi connectivity index (χ0) is 17.6. The van der Waals surface area contributed by atoms with Gasteiger partial charge in [0.15, 0.2) is 4.98 Å². The van der Waals surface area contributed by atoms with E-state index in [1.807, 2.05) is 37.3 Å². The van der Waals surface area contributed by atoms with Gasteiger partial charge >= 0.3 is 12.9 Å². The number of halogens is 4. The predicted molar refractivity (Wildman–Crippen MR) is 81.6 cm³/mol. The Balaban J connectivity index is 0.000000841. The Morgan fingerprint density at radius 1 is 1.04 bits per heavy atom. The van der Waals surface area contributed by atoms with E-state index in [9.17, 15) is 17.3 Å². The van der Waals surface area contributed by atoms with Gasteiger partial charge in [-0.2, -0.15) is 0 Å². The molecule has 0 fully saturated rings. The monoisotopic (exact) mass is 332 g/mol. The minimum atomic E-state index is -6.00. The van der Waals surface area contributed by atoms with Crippen LogP contribution < -0.4 is 4.74 Å². The van der Waals surface area contributed by atoms with E-state index in [2.05, 4.69) is 4.98 Å². The lowest BCUT2D eigenvalue weighted by molar-refractivity contribution is 0.193. The number of diazo groups is 1. The largest absolute Gasteiger partial charge is 0.673 e. The van der Waals surface area contributed by atoms with E-state index in [0.717, 1.165) is 0 Å². The van der Waals surface area contributed by atoms with Crippen molar-refractivity contribution in [3.8, 4) is 5.75 Å². The molecule has 0 N–H and O–H groups in total. The van der Waals surface area contributed by atoms with Gasteiger partial charge in [0.1, 0.15) is 6.61 Å². The van der Waals surface area contributed by atoms with Gasteiger partial charge < -0.3 is 26.7 Å². The molecular formula is C14H17BF4N2O2. The van der Waals surface area contributed by atoms with E-state index in [1.54, 1.807) is 18.2 Å². The maximum absolute atomic E-state index is 9.75. The van der Waals surface area contributed by atoms with Crippen molar-refractivity contribution in [2.24, 2.45) is 0 Å². The lowest BCUT2D eigenvalue weighted by Crippen LogP contribution is -2.02. The van der Waals surface area contributed by atoms with E-state index in [1.165, 1.54) is 0 Å². The molecule has 0 atom stereocenters. The predicted octanol–water partition coefficient (Wildman–Crippen LogP) is 5.00. The molecule has 0 bridgehead atoms. The van der Waals surface area contributed by atoms with Crippen molar-refractivity contribution < 1.29 is 26.7 Å². The van der Waals surface area contributed by atoms with Crippen molar-refractivity contribution in [1.82, 2.24) is 0 Å². The Morgan fingerprint density at radius 2 is 1.61 bits per heavy atom. The minimum Gasteiger partial charge on any atom is -0.482 e. The fraction of sp³-hybridized carbons (Fsp3) is 0.286. The van der Waals surface area contributed by atoms with Gasteiger partial charge in [-0.05, 0) is 19.1 Å². The third-order valence-corrected chi connectivity index (χ3v) is 2.14. The highest BCUT2D eigenvalue weighted by Gasteiger charge is 2.20. The van der Waals surface area contributed by atoms with Crippen molar-refractivity contribution in [1.29, 1.82) is 5.39 Å². The lowest BCUT2D eigenvalue weighted by Gasteiger charge is -1.99. The van der Waals surface area contributed by atoms with Crippen LogP contribution in [0.3, 0.4) is 0 Å². The molecule has 0 saturated heterocycles. The number of benzene rings is 1. The molecule has 1 aromatic carbocycles. The van der Waals surface area contributed by atoms with Crippen LogP contribution in [0.1, 0.15) is 6.92 Å². The van der Waals surface area contributed by atoms with Crippen LogP contribution in [0.5, 0.6) is 5.75 Å². The van der Waals surface area contributed by atoms with Crippen molar-refractivity contribution in [2.75, 3.05) is 19.8 Å². The van der Waals surface area contributed by atoms with E-state index in [4.69, 9.17) is 14.9 Å². The Kier molecular flexibility index (Phi) is 11.0. The smallest absolute Gasteiger partial charge is 0.482 e. The average Bonchev–Trinajstić information content (AvgIpc) is 2.48. The highest BCUT2D eigenvalue weighted by molar-refractivity contribution is 6.50. The zero-order valence-corrected chi connectivity index (χ0v) is 12.5. The molecule has 4 nitrogen and oxygen atoms in total. The minimum absolute atomic E-state index is 0.416. The second-order valence-electron chi connectivity index (χ2n) is 3.95. The molecule has 0 aliphatic rings. The van der Waals surface area contributed by atoms with Crippen molar-refractivity contribution in [2.45, 2.75) is 6.92 Å². The summed E-state index contributed by atoms with van der Waals surface area (Å²) in [6.07, 6.45) is 7.65. The Morgan fingerprint density at radius 3 is 2.22 bits per heavy atom. The highest BCUT2D eigenvalue weighted by Crippen LogP contribution is 2.26. The van der Waals surface area contributed by atoms with Crippen LogP contribution in [0, 0.1) is 5.39 Å². The average molecular weight is 332 g/mol. The van der Waals surface area contributed by atoms with Crippen molar-refractivity contribution in [3.05, 3.63) is 53.5 Å². The molecule has 1 aromatic rings. The third kappa shape index (κ3) is 14.4. The molecule has 0 aliphatic carbocycles. The van der Waals surface area contributed by atoms with Gasteiger partial charge in [-0.1, -0.05) is 30.4 Å². The molecule has 0 aromatic heterocycles. The van der Waals surface area contributed by atoms with Gasteiger partial charge in [-0.25, -0.2) is 0 Å². The molecule has 23 heavy (non-hydrogen) atoms. The molecular weight excluding hydrogens is 315 g/mol. The standard InChI is InChI=1S/C14H17N2O2.BF4/c1-2-3-10-17-11-6-7-12-18-14-9-5-4-8-13(14)16-15;2-1(3,4)5/h2-9H,10-12H2,1H3;/q+1;-1/b3-2+,7-6-;. The number of ether oxygens (including phenoxy) is 2. The van der Waals surface area contributed by atoms with Crippen molar-refractivity contribution >= 4 is 12.9 Å². The number of rotatable bonds is 7. The molecule has 0 unspecified atom stereocenters. The molecule has 0 saturated carbocycles. The van der Waals surface area contributed by atoms with Gasteiger partial charge in [-0.15, -0.1) is 0 Å². The van der Waals surface area contributed by atoms with Crippen LogP contribution in [-0.4, -0.2) is 27.1 Å². The molecule has 0 amide bonds. The van der Waals surface area contributed by atoms with Crippen LogP contribution >= 0.6 is 0 Å². The SMILES string of the molecule is C/C=C/COC/C=C\COc1ccccc1[N+]#N.F[B-](F)(F)F. The second-order valence-corrected chi connectivity index (χ2v) is 3.95. The molecule has 1 rings (SSSR count). The van der Waals surface area contributed by atoms with Gasteiger partial charge in [0, 0.05) is 6.07 Å². The van der Waals surface area contributed by atoms with Crippen LogP contribution in [0.2, 0.25) is 0 Å². The number of nitrogens with zero attached hydrogens (tertiary/aromatic N) is 2. The van der Waals surface area contributed by atoms with Crippen LogP contribution in [0.4, 0.5) is 23.0 Å². The molecule has 0 aliphatic heterocycles. The number of hydrogen-bond acceptors (Lipinski definition) is 3. The third-order valence-electron chi connectivity index (χ3n) is 2.14. The van der Waals surface area contributed by atoms with Gasteiger partial charge in [0.2, 0.25) is 11.1 Å². The molecule has 126 valence electrons. The summed E-state index contributed by atoms with van der Waals surface area (Å²) in [6, 6.07) is 7.05. The zero-order valence-electron chi connectivity index (χ0n) is 12.5. The summed E-state index contributed by atoms with van der Waals surface area (Å²) in [5, 5.41) is 8.74. The topological polar surface area (TPSA) is 46.6 Å². The summed E-state index contributed by atoms with van der Waals surface area (Å²) < 4.78 is 49.7. The lowest BCUT2D eigenvalue weighted by atomic mass is 10.3. The first kappa shape index (κ1) is 20.7. The Hall–Kier alpha value is -2.34. The quantitative estimate of drug-likeness (QED) is 0.232. The molecule has 0 spiro atoms. The van der Waals surface area contributed by atoms with E-state index in [-0.39, 0.29) is 0 Å². The summed E-state index contributed by atoms with van der Waals surface area (Å²) in [5.74, 6) is 0.555. The van der Waals surface area contributed by atoms with Gasteiger partial charge in [0.25, 0.3) is 0 Å².